The molecule has 25 heavy (non-hydrogen) atoms. The topological polar surface area (TPSA) is 0 Å². The van der Waals surface area contributed by atoms with Gasteiger partial charge in [-0.15, -0.1) is 0 Å². The Hall–Kier alpha value is -0.780. The largest absolute Gasteiger partial charge is 0.156 e. The summed E-state index contributed by atoms with van der Waals surface area (Å²) in [6, 6.07) is 22.0. The fourth-order valence-corrected chi connectivity index (χ4v) is 6.93. The van der Waals surface area contributed by atoms with Crippen molar-refractivity contribution in [1.29, 1.82) is 0 Å². The first-order chi connectivity index (χ1) is 12.1. The molecule has 1 fully saturated rings. The van der Waals surface area contributed by atoms with Crippen molar-refractivity contribution in [3.05, 3.63) is 91.5 Å². The molecule has 3 rings (SSSR count). The molecule has 0 aliphatic heterocycles. The highest BCUT2D eigenvalue weighted by atomic mass is 32.2. The van der Waals surface area contributed by atoms with E-state index in [1.54, 1.807) is 0 Å². The Morgan fingerprint density at radius 3 is 1.88 bits per heavy atom. The third-order valence-corrected chi connectivity index (χ3v) is 7.88. The van der Waals surface area contributed by atoms with Crippen LogP contribution in [0.2, 0.25) is 0 Å². The van der Waals surface area contributed by atoms with Gasteiger partial charge in [0.15, 0.2) is 0 Å². The molecule has 0 heterocycles. The second-order valence-corrected chi connectivity index (χ2v) is 10.8. The summed E-state index contributed by atoms with van der Waals surface area (Å²) in [5.41, 5.74) is 1.52. The van der Waals surface area contributed by atoms with E-state index in [9.17, 15) is 0 Å². The zero-order chi connectivity index (χ0) is 17.6. The van der Waals surface area contributed by atoms with Gasteiger partial charge in [-0.05, 0) is 55.4 Å². The summed E-state index contributed by atoms with van der Waals surface area (Å²) in [5, 5.41) is 4.18. The van der Waals surface area contributed by atoms with Gasteiger partial charge in [0, 0.05) is 10.9 Å². The van der Waals surface area contributed by atoms with Crippen molar-refractivity contribution < 1.29 is 0 Å². The first-order valence-corrected chi connectivity index (χ1v) is 11.2. The molecule has 0 N–H and O–H groups in total. The van der Waals surface area contributed by atoms with Gasteiger partial charge in [-0.1, -0.05) is 81.4 Å². The lowest BCUT2D eigenvalue weighted by atomic mass is 10.0. The summed E-state index contributed by atoms with van der Waals surface area (Å²) in [6.07, 6.45) is 8.05. The Balaban J connectivity index is 1.85. The smallest absolute Gasteiger partial charge is 0.0195 e. The van der Waals surface area contributed by atoms with Crippen molar-refractivity contribution in [3.63, 3.8) is 0 Å². The van der Waals surface area contributed by atoms with Crippen LogP contribution < -0.4 is 10.6 Å². The van der Waals surface area contributed by atoms with E-state index in [1.807, 2.05) is 0 Å². The van der Waals surface area contributed by atoms with Gasteiger partial charge >= 0.3 is 0 Å². The third-order valence-electron chi connectivity index (χ3n) is 4.16. The van der Waals surface area contributed by atoms with Crippen molar-refractivity contribution in [2.24, 2.45) is 0 Å². The molecule has 2 heteroatoms. The average Bonchev–Trinajstić information content (AvgIpc) is 3.04. The maximum atomic E-state index is 2.36. The molecule has 2 aromatic rings. The Labute approximate surface area is 159 Å². The van der Waals surface area contributed by atoms with Crippen molar-refractivity contribution in [2.75, 3.05) is 0 Å². The number of rotatable bonds is 7. The van der Waals surface area contributed by atoms with Crippen LogP contribution in [0.3, 0.4) is 0 Å². The maximum Gasteiger partial charge on any atom is 0.0195 e. The Morgan fingerprint density at radius 1 is 0.800 bits per heavy atom. The Bertz CT molecular complexity index is 586. The average molecular weight is 366 g/mol. The van der Waals surface area contributed by atoms with Crippen LogP contribution in [0.1, 0.15) is 27.2 Å². The van der Waals surface area contributed by atoms with Crippen molar-refractivity contribution in [1.82, 2.24) is 0 Å². The monoisotopic (exact) mass is 365 g/mol. The summed E-state index contributed by atoms with van der Waals surface area (Å²) in [7, 11) is -0.490. The number of hydrogen-bond donors (Lipinski definition) is 0. The second-order valence-electron chi connectivity index (χ2n) is 6.64. The zero-order valence-electron chi connectivity index (χ0n) is 15.2. The minimum absolute atomic E-state index is 0.490. The lowest BCUT2D eigenvalue weighted by Crippen LogP contribution is -2.20. The molecule has 1 atom stereocenters. The third kappa shape index (κ3) is 5.11. The minimum Gasteiger partial charge on any atom is -0.156 e. The van der Waals surface area contributed by atoms with Gasteiger partial charge in [0.2, 0.25) is 0 Å². The van der Waals surface area contributed by atoms with E-state index < -0.39 is 7.92 Å². The van der Waals surface area contributed by atoms with Crippen LogP contribution in [0.15, 0.2) is 60.7 Å². The van der Waals surface area contributed by atoms with E-state index in [0.29, 0.717) is 10.5 Å². The summed E-state index contributed by atoms with van der Waals surface area (Å²) in [6.45, 7) is 6.93. The lowest BCUT2D eigenvalue weighted by Gasteiger charge is -2.30. The van der Waals surface area contributed by atoms with E-state index in [2.05, 4.69) is 112 Å². The lowest BCUT2D eigenvalue weighted by molar-refractivity contribution is 0.855. The fraction of sp³-hybridized carbons (Fsp3) is 0.261. The van der Waals surface area contributed by atoms with Gasteiger partial charge in [0.1, 0.15) is 0 Å². The van der Waals surface area contributed by atoms with E-state index >= 15 is 0 Å². The summed E-state index contributed by atoms with van der Waals surface area (Å²) < 4.78 is 0. The van der Waals surface area contributed by atoms with E-state index in [0.717, 1.165) is 6.42 Å². The molecule has 1 aliphatic carbocycles. The minimum atomic E-state index is -0.490. The summed E-state index contributed by atoms with van der Waals surface area (Å²) in [4.78, 5) is 0. The highest BCUT2D eigenvalue weighted by Gasteiger charge is 2.37. The molecule has 0 nitrogen and oxygen atoms in total. The van der Waals surface area contributed by atoms with Crippen LogP contribution in [0.25, 0.3) is 0 Å². The van der Waals surface area contributed by atoms with Crippen LogP contribution in [0, 0.1) is 30.8 Å². The summed E-state index contributed by atoms with van der Waals surface area (Å²) in [5.74, 6) is 1.51. The Morgan fingerprint density at radius 2 is 1.36 bits per heavy atom. The zero-order valence-corrected chi connectivity index (χ0v) is 16.9. The van der Waals surface area contributed by atoms with E-state index in [-0.39, 0.29) is 0 Å². The van der Waals surface area contributed by atoms with E-state index in [4.69, 9.17) is 0 Å². The molecule has 0 aromatic heterocycles. The Kier molecular flexibility index (Phi) is 7.02. The number of benzene rings is 2. The molecule has 0 saturated heterocycles. The molecule has 0 unspecified atom stereocenters. The van der Waals surface area contributed by atoms with Crippen molar-refractivity contribution in [2.45, 2.75) is 37.7 Å². The highest BCUT2D eigenvalue weighted by Crippen LogP contribution is 2.57. The standard InChI is InChI=1S/C23H26PS/c1-18(2)25-19(3)17-20-11-10-16-23(20)24(21-12-6-4-7-13-21)22-14-8-5-9-15-22/h4-16,18-19H,17H2,1-3H3/t19-/m1/s1. The SMILES string of the molecule is CC(C)S[C@H](C)C[C]1[CH][CH][CH][C]1P(c1ccccc1)c1ccccc1. The normalized spacial score (nSPS) is 17.5. The van der Waals surface area contributed by atoms with Gasteiger partial charge in [0.25, 0.3) is 0 Å². The maximum absolute atomic E-state index is 2.36. The second kappa shape index (κ2) is 9.24. The van der Waals surface area contributed by atoms with Gasteiger partial charge in [-0.25, -0.2) is 0 Å². The van der Waals surface area contributed by atoms with Gasteiger partial charge in [-0.2, -0.15) is 11.8 Å². The van der Waals surface area contributed by atoms with Crippen molar-refractivity contribution in [3.8, 4) is 0 Å². The predicted molar refractivity (Wildman–Crippen MR) is 115 cm³/mol. The molecule has 0 spiro atoms. The molecule has 0 bridgehead atoms. The van der Waals surface area contributed by atoms with Crippen LogP contribution in [-0.2, 0) is 0 Å². The first-order valence-electron chi connectivity index (χ1n) is 8.95. The number of thioether (sulfide) groups is 1. The highest BCUT2D eigenvalue weighted by molar-refractivity contribution is 8.00. The van der Waals surface area contributed by atoms with Gasteiger partial charge < -0.3 is 0 Å². The van der Waals surface area contributed by atoms with Crippen molar-refractivity contribution >= 4 is 30.3 Å². The van der Waals surface area contributed by atoms with Gasteiger partial charge in [0.05, 0.1) is 0 Å². The van der Waals surface area contributed by atoms with Crippen LogP contribution >= 0.6 is 19.7 Å². The molecular weight excluding hydrogens is 339 g/mol. The van der Waals surface area contributed by atoms with Crippen LogP contribution in [0.4, 0.5) is 0 Å². The molecule has 129 valence electrons. The van der Waals surface area contributed by atoms with E-state index in [1.165, 1.54) is 22.2 Å². The molecule has 1 aliphatic rings. The number of hydrogen-bond acceptors (Lipinski definition) is 1. The molecule has 2 aromatic carbocycles. The summed E-state index contributed by atoms with van der Waals surface area (Å²) >= 11 is 2.07. The van der Waals surface area contributed by atoms with Crippen LogP contribution in [0.5, 0.6) is 0 Å². The van der Waals surface area contributed by atoms with Crippen LogP contribution in [-0.4, -0.2) is 10.5 Å². The molecule has 5 radical (unpaired) electrons. The molecular formula is C23H26PS. The van der Waals surface area contributed by atoms with Gasteiger partial charge in [-0.3, -0.25) is 0 Å². The quantitative estimate of drug-likeness (QED) is 0.561. The first kappa shape index (κ1) is 19.0. The predicted octanol–water partition coefficient (Wildman–Crippen LogP) is 5.77. The fourth-order valence-electron chi connectivity index (χ4n) is 3.24. The molecule has 1 saturated carbocycles. The molecule has 0 amide bonds.